The van der Waals surface area contributed by atoms with Crippen LogP contribution in [0.3, 0.4) is 0 Å². The number of aldehydes is 1. The van der Waals surface area contributed by atoms with Crippen molar-refractivity contribution in [1.82, 2.24) is 5.06 Å². The lowest BCUT2D eigenvalue weighted by atomic mass is 10.1. The van der Waals surface area contributed by atoms with Gasteiger partial charge in [0, 0.05) is 6.42 Å². The quantitative estimate of drug-likeness (QED) is 0.220. The molecule has 1 aliphatic heterocycles. The Morgan fingerprint density at radius 1 is 1.60 bits per heavy atom. The highest BCUT2D eigenvalue weighted by Gasteiger charge is 2.37. The van der Waals surface area contributed by atoms with Gasteiger partial charge >= 0.3 is 0 Å². The van der Waals surface area contributed by atoms with Crippen LogP contribution in [0.2, 0.25) is 0 Å². The van der Waals surface area contributed by atoms with Gasteiger partial charge in [0.15, 0.2) is 0 Å². The molecule has 10 heavy (non-hydrogen) atoms. The predicted molar refractivity (Wildman–Crippen MR) is 27.8 cm³/mol. The van der Waals surface area contributed by atoms with Crippen molar-refractivity contribution in [2.45, 2.75) is 6.42 Å². The van der Waals surface area contributed by atoms with Gasteiger partial charge in [-0.1, -0.05) is 0 Å². The monoisotopic (exact) mass is 143 g/mol. The van der Waals surface area contributed by atoms with Crippen molar-refractivity contribution in [3.63, 3.8) is 0 Å². The van der Waals surface area contributed by atoms with E-state index in [0.29, 0.717) is 6.29 Å². The molecule has 1 N–H and O–H groups in total. The van der Waals surface area contributed by atoms with Crippen LogP contribution in [0.4, 0.5) is 0 Å². The van der Waals surface area contributed by atoms with Crippen LogP contribution < -0.4 is 0 Å². The van der Waals surface area contributed by atoms with Gasteiger partial charge in [-0.05, 0) is 0 Å². The van der Waals surface area contributed by atoms with Crippen LogP contribution in [0, 0.1) is 5.92 Å². The van der Waals surface area contributed by atoms with E-state index in [9.17, 15) is 14.4 Å². The van der Waals surface area contributed by atoms with Gasteiger partial charge in [0.25, 0.3) is 11.8 Å². The van der Waals surface area contributed by atoms with Crippen LogP contribution in [0.5, 0.6) is 0 Å². The molecule has 0 saturated carbocycles. The van der Waals surface area contributed by atoms with Gasteiger partial charge in [-0.25, -0.2) is 0 Å². The van der Waals surface area contributed by atoms with Crippen LogP contribution in [0.1, 0.15) is 6.42 Å². The molecular formula is C5H5NO4. The van der Waals surface area contributed by atoms with Gasteiger partial charge in [-0.15, -0.1) is 0 Å². The summed E-state index contributed by atoms with van der Waals surface area (Å²) in [5.41, 5.74) is 0. The molecule has 5 nitrogen and oxygen atoms in total. The van der Waals surface area contributed by atoms with Crippen LogP contribution in [-0.2, 0) is 14.4 Å². The number of rotatable bonds is 1. The standard InChI is InChI=1S/C5H5NO4/c7-2-3-1-4(8)6(10)5(3)9/h2-3,10H,1H2. The summed E-state index contributed by atoms with van der Waals surface area (Å²) in [6.45, 7) is 0. The second-order valence-electron chi connectivity index (χ2n) is 1.99. The van der Waals surface area contributed by atoms with Crippen molar-refractivity contribution in [2.24, 2.45) is 5.92 Å². The number of imide groups is 1. The maximum atomic E-state index is 10.6. The molecule has 1 aliphatic rings. The molecule has 0 aliphatic carbocycles. The van der Waals surface area contributed by atoms with Gasteiger partial charge in [0.05, 0.1) is 0 Å². The lowest BCUT2D eigenvalue weighted by Gasteiger charge is -2.00. The van der Waals surface area contributed by atoms with Gasteiger partial charge in [0.1, 0.15) is 12.2 Å². The van der Waals surface area contributed by atoms with Gasteiger partial charge < -0.3 is 4.79 Å². The van der Waals surface area contributed by atoms with E-state index in [4.69, 9.17) is 5.21 Å². The Labute approximate surface area is 56.2 Å². The van der Waals surface area contributed by atoms with Crippen LogP contribution >= 0.6 is 0 Å². The molecule has 1 atom stereocenters. The lowest BCUT2D eigenvalue weighted by Crippen LogP contribution is -2.26. The molecule has 0 bridgehead atoms. The summed E-state index contributed by atoms with van der Waals surface area (Å²) >= 11 is 0. The zero-order chi connectivity index (χ0) is 7.72. The molecule has 0 aromatic rings. The first-order valence-electron chi connectivity index (χ1n) is 2.67. The molecular weight excluding hydrogens is 138 g/mol. The van der Waals surface area contributed by atoms with E-state index in [-0.39, 0.29) is 11.5 Å². The van der Waals surface area contributed by atoms with E-state index in [1.54, 1.807) is 0 Å². The van der Waals surface area contributed by atoms with Crippen molar-refractivity contribution in [2.75, 3.05) is 0 Å². The Balaban J connectivity index is 2.80. The Morgan fingerprint density at radius 3 is 2.40 bits per heavy atom. The van der Waals surface area contributed by atoms with E-state index < -0.39 is 17.7 Å². The third-order valence-electron chi connectivity index (χ3n) is 1.32. The first kappa shape index (κ1) is 6.88. The second-order valence-corrected chi connectivity index (χ2v) is 1.99. The smallest absolute Gasteiger partial charge is 0.264 e. The minimum absolute atomic E-state index is 0.0148. The first-order valence-corrected chi connectivity index (χ1v) is 2.67. The molecule has 1 heterocycles. The van der Waals surface area contributed by atoms with Crippen molar-refractivity contribution in [3.05, 3.63) is 0 Å². The highest BCUT2D eigenvalue weighted by Crippen LogP contribution is 2.14. The molecule has 1 saturated heterocycles. The first-order chi connectivity index (χ1) is 4.66. The summed E-state index contributed by atoms with van der Waals surface area (Å²) in [5, 5.41) is 8.53. The molecule has 54 valence electrons. The summed E-state index contributed by atoms with van der Waals surface area (Å²) in [6.07, 6.45) is 0.148. The number of hydrogen-bond donors (Lipinski definition) is 1. The maximum Gasteiger partial charge on any atom is 0.264 e. The van der Waals surface area contributed by atoms with Crippen molar-refractivity contribution < 1.29 is 19.6 Å². The SMILES string of the molecule is O=CC1CC(=O)N(O)C1=O. The molecule has 5 heteroatoms. The van der Waals surface area contributed by atoms with E-state index in [1.807, 2.05) is 0 Å². The fourth-order valence-electron chi connectivity index (χ4n) is 0.748. The second kappa shape index (κ2) is 2.18. The summed E-state index contributed by atoms with van der Waals surface area (Å²) in [5.74, 6) is -2.53. The number of amides is 2. The third-order valence-corrected chi connectivity index (χ3v) is 1.32. The molecule has 0 spiro atoms. The molecule has 0 aromatic carbocycles. The van der Waals surface area contributed by atoms with Gasteiger partial charge in [-0.3, -0.25) is 14.8 Å². The van der Waals surface area contributed by atoms with E-state index in [0.717, 1.165) is 0 Å². The number of carbonyl (C=O) groups excluding carboxylic acids is 3. The summed E-state index contributed by atoms with van der Waals surface area (Å²) < 4.78 is 0. The normalized spacial score (nSPS) is 25.7. The Kier molecular flexibility index (Phi) is 1.50. The van der Waals surface area contributed by atoms with Gasteiger partial charge in [0.2, 0.25) is 0 Å². The van der Waals surface area contributed by atoms with Gasteiger partial charge in [-0.2, -0.15) is 5.06 Å². The zero-order valence-corrected chi connectivity index (χ0v) is 4.98. The number of carbonyl (C=O) groups is 3. The van der Waals surface area contributed by atoms with Crippen LogP contribution in [0.15, 0.2) is 0 Å². The lowest BCUT2D eigenvalue weighted by molar-refractivity contribution is -0.172. The molecule has 1 unspecified atom stereocenters. The number of hydrogen-bond acceptors (Lipinski definition) is 4. The Hall–Kier alpha value is -1.23. The fraction of sp³-hybridized carbons (Fsp3) is 0.400. The van der Waals surface area contributed by atoms with E-state index in [2.05, 4.69) is 0 Å². The molecule has 0 aromatic heterocycles. The van der Waals surface area contributed by atoms with Crippen molar-refractivity contribution in [1.29, 1.82) is 0 Å². The third kappa shape index (κ3) is 0.801. The highest BCUT2D eigenvalue weighted by atomic mass is 16.5. The van der Waals surface area contributed by atoms with E-state index >= 15 is 0 Å². The largest absolute Gasteiger partial charge is 0.302 e. The minimum atomic E-state index is -0.975. The Morgan fingerprint density at radius 2 is 2.20 bits per heavy atom. The topological polar surface area (TPSA) is 74.7 Å². The summed E-state index contributed by atoms with van der Waals surface area (Å²) in [4.78, 5) is 31.0. The molecule has 1 rings (SSSR count). The average Bonchev–Trinajstić information content (AvgIpc) is 2.17. The van der Waals surface area contributed by atoms with Crippen LogP contribution in [0.25, 0.3) is 0 Å². The average molecular weight is 143 g/mol. The maximum absolute atomic E-state index is 10.6. The van der Waals surface area contributed by atoms with Crippen molar-refractivity contribution in [3.8, 4) is 0 Å². The zero-order valence-electron chi connectivity index (χ0n) is 4.98. The summed E-state index contributed by atoms with van der Waals surface area (Å²) in [6, 6.07) is 0. The molecule has 0 radical (unpaired) electrons. The summed E-state index contributed by atoms with van der Waals surface area (Å²) in [7, 11) is 0. The predicted octanol–water partition coefficient (Wildman–Crippen LogP) is -1.05. The Bertz CT molecular complexity index is 200. The number of hydroxylamine groups is 2. The molecule has 2 amide bonds. The van der Waals surface area contributed by atoms with Crippen LogP contribution in [-0.4, -0.2) is 28.4 Å². The molecule has 1 fully saturated rings. The minimum Gasteiger partial charge on any atom is -0.302 e. The van der Waals surface area contributed by atoms with Crippen molar-refractivity contribution >= 4 is 18.1 Å². The highest BCUT2D eigenvalue weighted by molar-refractivity contribution is 6.08. The number of nitrogens with zero attached hydrogens (tertiary/aromatic N) is 1. The fourth-order valence-corrected chi connectivity index (χ4v) is 0.748. The van der Waals surface area contributed by atoms with E-state index in [1.165, 1.54) is 0 Å².